The Morgan fingerprint density at radius 3 is 2.55 bits per heavy atom. The summed E-state index contributed by atoms with van der Waals surface area (Å²) in [5, 5.41) is 12.5. The van der Waals surface area contributed by atoms with Crippen LogP contribution < -0.4 is 9.80 Å². The Morgan fingerprint density at radius 2 is 1.85 bits per heavy atom. The molecular formula is C33H36FN11O2. The van der Waals surface area contributed by atoms with Crippen molar-refractivity contribution in [1.29, 1.82) is 0 Å². The molecule has 1 N–H and O–H groups in total. The second kappa shape index (κ2) is 12.9. The molecule has 5 aromatic rings. The first-order valence-electron chi connectivity index (χ1n) is 15.8. The minimum absolute atomic E-state index is 0.0395. The Balaban J connectivity index is 0.934. The minimum Gasteiger partial charge on any atom is -0.353 e. The predicted octanol–water partition coefficient (Wildman–Crippen LogP) is 2.98. The molecule has 47 heavy (non-hydrogen) atoms. The van der Waals surface area contributed by atoms with Crippen molar-refractivity contribution >= 4 is 34.2 Å². The highest BCUT2D eigenvalue weighted by atomic mass is 19.1. The first-order valence-corrected chi connectivity index (χ1v) is 15.8. The number of pyridine rings is 2. The first-order chi connectivity index (χ1) is 22.9. The summed E-state index contributed by atoms with van der Waals surface area (Å²) in [6, 6.07) is 12.6. The number of piperazine rings is 1. The Morgan fingerprint density at radius 1 is 1.00 bits per heavy atom. The molecule has 0 aliphatic carbocycles. The van der Waals surface area contributed by atoms with E-state index in [9.17, 15) is 14.0 Å². The molecule has 0 radical (unpaired) electrons. The average molecular weight is 638 g/mol. The number of hydrogen-bond donors (Lipinski definition) is 1. The minimum atomic E-state index is -0.415. The van der Waals surface area contributed by atoms with E-state index in [0.717, 1.165) is 34.2 Å². The van der Waals surface area contributed by atoms with Gasteiger partial charge in [-0.25, -0.2) is 14.4 Å². The topological polar surface area (TPSA) is 132 Å². The maximum absolute atomic E-state index is 13.8. The van der Waals surface area contributed by atoms with Crippen LogP contribution >= 0.6 is 0 Å². The molecule has 1 atom stereocenters. The SMILES string of the molecule is CCN(C(=O)[C@@H]1CCN(CC(=O)N2CCN(c3ccc(-c4ncn(C)n4)cn3)CC2)C1)c1ccc2[nH]nc(-c3ccc(F)cn3)c2c1. The zero-order chi connectivity index (χ0) is 32.5. The van der Waals surface area contributed by atoms with Crippen LogP contribution in [0, 0.1) is 11.7 Å². The molecule has 2 saturated heterocycles. The van der Waals surface area contributed by atoms with Crippen LogP contribution in [0.2, 0.25) is 0 Å². The molecular weight excluding hydrogens is 601 g/mol. The van der Waals surface area contributed by atoms with Crippen LogP contribution in [0.5, 0.6) is 0 Å². The third-order valence-electron chi connectivity index (χ3n) is 8.95. The zero-order valence-corrected chi connectivity index (χ0v) is 26.4. The van der Waals surface area contributed by atoms with Crippen molar-refractivity contribution in [1.82, 2.24) is 44.7 Å². The normalized spacial score (nSPS) is 17.0. The molecule has 13 nitrogen and oxygen atoms in total. The molecule has 242 valence electrons. The predicted molar refractivity (Wildman–Crippen MR) is 175 cm³/mol. The van der Waals surface area contributed by atoms with E-state index in [1.807, 2.05) is 49.2 Å². The van der Waals surface area contributed by atoms with Gasteiger partial charge in [0.05, 0.1) is 29.9 Å². The second-order valence-electron chi connectivity index (χ2n) is 12.0. The number of carbonyl (C=O) groups is 2. The molecule has 0 unspecified atom stereocenters. The number of hydrogen-bond acceptors (Lipinski definition) is 9. The van der Waals surface area contributed by atoms with Gasteiger partial charge in [0, 0.05) is 69.2 Å². The van der Waals surface area contributed by atoms with Crippen molar-refractivity contribution in [2.75, 3.05) is 62.2 Å². The van der Waals surface area contributed by atoms with Gasteiger partial charge in [0.15, 0.2) is 5.82 Å². The number of amides is 2. The summed E-state index contributed by atoms with van der Waals surface area (Å²) in [5.74, 6) is 1.02. The monoisotopic (exact) mass is 637 g/mol. The van der Waals surface area contributed by atoms with Crippen molar-refractivity contribution in [2.45, 2.75) is 13.3 Å². The summed E-state index contributed by atoms with van der Waals surface area (Å²) in [6.07, 6.45) is 5.31. The molecule has 0 bridgehead atoms. The number of fused-ring (bicyclic) bond motifs is 1. The van der Waals surface area contributed by atoms with E-state index in [4.69, 9.17) is 0 Å². The fourth-order valence-corrected chi connectivity index (χ4v) is 6.40. The van der Waals surface area contributed by atoms with E-state index in [0.29, 0.717) is 76.0 Å². The number of likely N-dealkylation sites (tertiary alicyclic amines) is 1. The van der Waals surface area contributed by atoms with Gasteiger partial charge in [0.25, 0.3) is 0 Å². The number of rotatable bonds is 8. The average Bonchev–Trinajstić information content (AvgIpc) is 3.86. The van der Waals surface area contributed by atoms with E-state index in [-0.39, 0.29) is 17.7 Å². The van der Waals surface area contributed by atoms with Crippen molar-refractivity contribution in [3.05, 3.63) is 67.0 Å². The van der Waals surface area contributed by atoms with E-state index in [1.54, 1.807) is 28.2 Å². The Labute approximate surface area is 271 Å². The molecule has 2 aliphatic heterocycles. The zero-order valence-electron chi connectivity index (χ0n) is 26.4. The highest BCUT2D eigenvalue weighted by Crippen LogP contribution is 2.30. The number of aryl methyl sites for hydroxylation is 1. The van der Waals surface area contributed by atoms with Crippen LogP contribution in [0.1, 0.15) is 13.3 Å². The summed E-state index contributed by atoms with van der Waals surface area (Å²) < 4.78 is 15.1. The number of H-pyrrole nitrogens is 1. The fourth-order valence-electron chi connectivity index (χ4n) is 6.40. The van der Waals surface area contributed by atoms with Crippen molar-refractivity contribution in [3.63, 3.8) is 0 Å². The quantitative estimate of drug-likeness (QED) is 0.273. The standard InChI is InChI=1S/C33H36FN11O2/c1-3-45(25-6-8-27-26(16-25)31(39-38-27)28-7-5-24(34)18-35-28)33(47)23-10-11-42(19-23)20-30(46)44-14-12-43(13-15-44)29-9-4-22(17-36-29)32-37-21-41(2)40-32/h4-9,16-18,21,23H,3,10-15,19-20H2,1-2H3,(H,38,39)/t23-/m1/s1. The van der Waals surface area contributed by atoms with Crippen molar-refractivity contribution < 1.29 is 14.0 Å². The van der Waals surface area contributed by atoms with Crippen LogP contribution in [0.3, 0.4) is 0 Å². The largest absolute Gasteiger partial charge is 0.353 e. The molecule has 0 spiro atoms. The van der Waals surface area contributed by atoms with E-state index >= 15 is 0 Å². The molecule has 1 aromatic carbocycles. The third kappa shape index (κ3) is 6.28. The van der Waals surface area contributed by atoms with Gasteiger partial charge in [0.2, 0.25) is 11.8 Å². The Hall–Kier alpha value is -5.24. The summed E-state index contributed by atoms with van der Waals surface area (Å²) in [6.45, 7) is 6.64. The van der Waals surface area contributed by atoms with Crippen LogP contribution in [0.15, 0.2) is 61.2 Å². The molecule has 4 aromatic heterocycles. The van der Waals surface area contributed by atoms with Gasteiger partial charge in [-0.1, -0.05) is 0 Å². The van der Waals surface area contributed by atoms with Gasteiger partial charge in [-0.3, -0.25) is 29.3 Å². The second-order valence-corrected chi connectivity index (χ2v) is 12.0. The van der Waals surface area contributed by atoms with Crippen LogP contribution in [0.25, 0.3) is 33.7 Å². The number of anilines is 2. The Kier molecular flexibility index (Phi) is 8.33. The van der Waals surface area contributed by atoms with Gasteiger partial charge in [-0.15, -0.1) is 0 Å². The summed E-state index contributed by atoms with van der Waals surface area (Å²) in [5.41, 5.74) is 3.58. The highest BCUT2D eigenvalue weighted by Gasteiger charge is 2.34. The maximum Gasteiger partial charge on any atom is 0.236 e. The highest BCUT2D eigenvalue weighted by molar-refractivity contribution is 6.00. The van der Waals surface area contributed by atoms with Gasteiger partial charge < -0.3 is 14.7 Å². The lowest BCUT2D eigenvalue weighted by Gasteiger charge is -2.36. The molecule has 0 saturated carbocycles. The van der Waals surface area contributed by atoms with Crippen LogP contribution in [-0.2, 0) is 16.6 Å². The van der Waals surface area contributed by atoms with Gasteiger partial charge in [-0.2, -0.15) is 10.2 Å². The molecule has 2 amide bonds. The maximum atomic E-state index is 13.8. The van der Waals surface area contributed by atoms with Crippen molar-refractivity contribution in [2.24, 2.45) is 13.0 Å². The lowest BCUT2D eigenvalue weighted by molar-refractivity contribution is -0.132. The molecule has 7 rings (SSSR count). The lowest BCUT2D eigenvalue weighted by atomic mass is 10.1. The number of benzene rings is 1. The number of aromatic nitrogens is 7. The molecule has 14 heteroatoms. The van der Waals surface area contributed by atoms with Crippen LogP contribution in [-0.4, -0.2) is 109 Å². The third-order valence-corrected chi connectivity index (χ3v) is 8.95. The first kappa shape index (κ1) is 30.4. The Bertz CT molecular complexity index is 1880. The van der Waals surface area contributed by atoms with Gasteiger partial charge in [0.1, 0.15) is 23.7 Å². The van der Waals surface area contributed by atoms with E-state index in [1.165, 1.54) is 6.07 Å². The number of carbonyl (C=O) groups excluding carboxylic acids is 2. The fraction of sp³-hybridized carbons (Fsp3) is 0.364. The number of nitrogens with one attached hydrogen (secondary N) is 1. The van der Waals surface area contributed by atoms with Gasteiger partial charge in [-0.05, 0) is 62.4 Å². The van der Waals surface area contributed by atoms with E-state index in [2.05, 4.69) is 40.0 Å². The molecule has 2 aliphatic rings. The van der Waals surface area contributed by atoms with Crippen molar-refractivity contribution in [3.8, 4) is 22.8 Å². The molecule has 6 heterocycles. The molecule has 2 fully saturated rings. The number of nitrogens with zero attached hydrogens (tertiary/aromatic N) is 10. The lowest BCUT2D eigenvalue weighted by Crippen LogP contribution is -2.51. The van der Waals surface area contributed by atoms with Gasteiger partial charge >= 0.3 is 0 Å². The number of aromatic amines is 1. The smallest absolute Gasteiger partial charge is 0.236 e. The summed E-state index contributed by atoms with van der Waals surface area (Å²) >= 11 is 0. The number of halogens is 1. The van der Waals surface area contributed by atoms with Crippen LogP contribution in [0.4, 0.5) is 15.9 Å². The summed E-state index contributed by atoms with van der Waals surface area (Å²) in [4.78, 5) is 48.1. The summed E-state index contributed by atoms with van der Waals surface area (Å²) in [7, 11) is 1.83. The van der Waals surface area contributed by atoms with E-state index < -0.39 is 5.82 Å².